The first-order valence-electron chi connectivity index (χ1n) is 6.45. The van der Waals surface area contributed by atoms with Crippen LogP contribution in [0.4, 0.5) is 5.69 Å². The zero-order valence-electron chi connectivity index (χ0n) is 10.8. The average Bonchev–Trinajstić information content (AvgIpc) is 2.65. The van der Waals surface area contributed by atoms with E-state index in [0.29, 0.717) is 25.0 Å². The molecule has 0 radical (unpaired) electrons. The molecule has 0 aromatic heterocycles. The molecule has 3 rings (SSSR count). The fourth-order valence-electron chi connectivity index (χ4n) is 3.37. The minimum atomic E-state index is -0.587. The summed E-state index contributed by atoms with van der Waals surface area (Å²) < 4.78 is 0. The zero-order chi connectivity index (χ0) is 13.6. The van der Waals surface area contributed by atoms with E-state index >= 15 is 0 Å². The molecule has 4 heteroatoms. The summed E-state index contributed by atoms with van der Waals surface area (Å²) in [6.45, 7) is 0. The number of hydrogen-bond acceptors (Lipinski definition) is 3. The lowest BCUT2D eigenvalue weighted by atomic mass is 9.66. The largest absolute Gasteiger partial charge is 0.314 e. The molecule has 2 unspecified atom stereocenters. The molecule has 1 aliphatic heterocycles. The number of fused-ring (bicyclic) bond motifs is 2. The molecule has 0 saturated heterocycles. The molecule has 1 spiro atoms. The number of para-hydroxylation sites is 1. The maximum atomic E-state index is 12.7. The van der Waals surface area contributed by atoms with Crippen LogP contribution < -0.4 is 4.90 Å². The van der Waals surface area contributed by atoms with Gasteiger partial charge in [0.05, 0.1) is 17.4 Å². The molecular formula is C15H15N3O. The van der Waals surface area contributed by atoms with Gasteiger partial charge in [0.25, 0.3) is 0 Å². The number of carbonyl (C=O) groups excluding carboxylic acids is 1. The molecule has 19 heavy (non-hydrogen) atoms. The van der Waals surface area contributed by atoms with E-state index in [-0.39, 0.29) is 5.91 Å². The lowest BCUT2D eigenvalue weighted by Crippen LogP contribution is -2.44. The van der Waals surface area contributed by atoms with Gasteiger partial charge in [-0.1, -0.05) is 18.2 Å². The standard InChI is InChI=1S/C15H15N3O/c1-18-13-5-3-2-4-11(13)15(14(18)19)7-6-12(17)10(8-15)9-16/h2-5,10,17H,6-8H2,1H3. The van der Waals surface area contributed by atoms with Gasteiger partial charge in [0, 0.05) is 18.4 Å². The molecule has 1 aliphatic carbocycles. The van der Waals surface area contributed by atoms with Gasteiger partial charge in [-0.15, -0.1) is 0 Å². The second kappa shape index (κ2) is 3.92. The van der Waals surface area contributed by atoms with Crippen LogP contribution in [-0.2, 0) is 10.2 Å². The van der Waals surface area contributed by atoms with E-state index in [9.17, 15) is 10.1 Å². The summed E-state index contributed by atoms with van der Waals surface area (Å²) in [5.74, 6) is -0.362. The van der Waals surface area contributed by atoms with Crippen molar-refractivity contribution in [2.75, 3.05) is 11.9 Å². The maximum Gasteiger partial charge on any atom is 0.237 e. The monoisotopic (exact) mass is 253 g/mol. The number of benzene rings is 1. The fraction of sp³-hybridized carbons (Fsp3) is 0.400. The molecule has 4 nitrogen and oxygen atoms in total. The van der Waals surface area contributed by atoms with Crippen LogP contribution in [0, 0.1) is 22.7 Å². The predicted molar refractivity (Wildman–Crippen MR) is 72.2 cm³/mol. The third-order valence-electron chi connectivity index (χ3n) is 4.45. The third-order valence-corrected chi connectivity index (χ3v) is 4.45. The average molecular weight is 253 g/mol. The Morgan fingerprint density at radius 1 is 1.47 bits per heavy atom. The first-order chi connectivity index (χ1) is 9.10. The molecule has 1 N–H and O–H groups in total. The molecule has 1 amide bonds. The summed E-state index contributed by atoms with van der Waals surface area (Å²) in [5, 5.41) is 17.0. The van der Waals surface area contributed by atoms with Crippen molar-refractivity contribution < 1.29 is 4.79 Å². The Labute approximate surface area is 112 Å². The number of nitriles is 1. The van der Waals surface area contributed by atoms with Crippen LogP contribution in [0.1, 0.15) is 24.8 Å². The topological polar surface area (TPSA) is 68.0 Å². The van der Waals surface area contributed by atoms with Crippen LogP contribution in [0.2, 0.25) is 0 Å². The second-order valence-corrected chi connectivity index (χ2v) is 5.37. The Bertz CT molecular complexity index is 616. The molecule has 1 aromatic rings. The third kappa shape index (κ3) is 1.45. The van der Waals surface area contributed by atoms with Crippen molar-refractivity contribution in [1.82, 2.24) is 0 Å². The summed E-state index contributed by atoms with van der Waals surface area (Å²) in [6, 6.07) is 9.97. The summed E-state index contributed by atoms with van der Waals surface area (Å²) in [6.07, 6.45) is 1.62. The quantitative estimate of drug-likeness (QED) is 0.770. The van der Waals surface area contributed by atoms with Crippen molar-refractivity contribution in [2.24, 2.45) is 5.92 Å². The van der Waals surface area contributed by atoms with Gasteiger partial charge in [-0.25, -0.2) is 0 Å². The van der Waals surface area contributed by atoms with Crippen molar-refractivity contribution >= 4 is 17.3 Å². The molecule has 2 aliphatic rings. The first-order valence-corrected chi connectivity index (χ1v) is 6.45. The molecule has 1 fully saturated rings. The zero-order valence-corrected chi connectivity index (χ0v) is 10.8. The Hall–Kier alpha value is -2.15. The van der Waals surface area contributed by atoms with Gasteiger partial charge in [0.2, 0.25) is 5.91 Å². The van der Waals surface area contributed by atoms with E-state index in [4.69, 9.17) is 5.41 Å². The van der Waals surface area contributed by atoms with E-state index in [1.807, 2.05) is 24.3 Å². The fourth-order valence-corrected chi connectivity index (χ4v) is 3.37. The van der Waals surface area contributed by atoms with Crippen molar-refractivity contribution in [3.8, 4) is 6.07 Å². The Morgan fingerprint density at radius 2 is 2.21 bits per heavy atom. The highest BCUT2D eigenvalue weighted by Gasteiger charge is 2.52. The van der Waals surface area contributed by atoms with Gasteiger partial charge >= 0.3 is 0 Å². The molecule has 96 valence electrons. The van der Waals surface area contributed by atoms with Gasteiger partial charge in [-0.05, 0) is 30.9 Å². The van der Waals surface area contributed by atoms with Gasteiger partial charge in [-0.2, -0.15) is 5.26 Å². The Morgan fingerprint density at radius 3 is 2.95 bits per heavy atom. The van der Waals surface area contributed by atoms with Gasteiger partial charge < -0.3 is 10.3 Å². The lowest BCUT2D eigenvalue weighted by molar-refractivity contribution is -0.123. The molecule has 2 atom stereocenters. The number of amides is 1. The highest BCUT2D eigenvalue weighted by Crippen LogP contribution is 2.50. The molecule has 1 aromatic carbocycles. The summed E-state index contributed by atoms with van der Waals surface area (Å²) in [4.78, 5) is 14.3. The van der Waals surface area contributed by atoms with E-state index in [2.05, 4.69) is 6.07 Å². The summed E-state index contributed by atoms with van der Waals surface area (Å²) in [5.41, 5.74) is 1.84. The number of nitrogens with zero attached hydrogens (tertiary/aromatic N) is 2. The number of nitrogens with one attached hydrogen (secondary N) is 1. The molecular weight excluding hydrogens is 238 g/mol. The van der Waals surface area contributed by atoms with Crippen molar-refractivity contribution in [3.63, 3.8) is 0 Å². The number of likely N-dealkylation sites (N-methyl/N-ethyl adjacent to an activating group) is 1. The Balaban J connectivity index is 2.12. The number of hydrogen-bond donors (Lipinski definition) is 1. The maximum absolute atomic E-state index is 12.7. The van der Waals surface area contributed by atoms with Crippen LogP contribution >= 0.6 is 0 Å². The molecule has 1 saturated carbocycles. The van der Waals surface area contributed by atoms with Crippen LogP contribution in [0.15, 0.2) is 24.3 Å². The first kappa shape index (κ1) is 11.9. The van der Waals surface area contributed by atoms with E-state index in [0.717, 1.165) is 11.3 Å². The number of anilines is 1. The van der Waals surface area contributed by atoms with E-state index in [1.54, 1.807) is 11.9 Å². The summed E-state index contributed by atoms with van der Waals surface area (Å²) in [7, 11) is 1.79. The molecule has 1 heterocycles. The normalized spacial score (nSPS) is 29.5. The van der Waals surface area contributed by atoms with Crippen LogP contribution in [0.3, 0.4) is 0 Å². The van der Waals surface area contributed by atoms with Crippen molar-refractivity contribution in [3.05, 3.63) is 29.8 Å². The SMILES string of the molecule is CN1C(=O)C2(CCC(=N)C(C#N)C2)c2ccccc21. The van der Waals surface area contributed by atoms with Crippen molar-refractivity contribution in [2.45, 2.75) is 24.7 Å². The van der Waals surface area contributed by atoms with Crippen LogP contribution in [-0.4, -0.2) is 18.7 Å². The van der Waals surface area contributed by atoms with Gasteiger partial charge in [0.15, 0.2) is 0 Å². The van der Waals surface area contributed by atoms with Crippen LogP contribution in [0.5, 0.6) is 0 Å². The van der Waals surface area contributed by atoms with Gasteiger partial charge in [-0.3, -0.25) is 4.79 Å². The predicted octanol–water partition coefficient (Wildman–Crippen LogP) is 2.24. The minimum absolute atomic E-state index is 0.0708. The van der Waals surface area contributed by atoms with Gasteiger partial charge in [0.1, 0.15) is 0 Å². The van der Waals surface area contributed by atoms with E-state index < -0.39 is 11.3 Å². The number of carbonyl (C=O) groups is 1. The highest BCUT2D eigenvalue weighted by atomic mass is 16.2. The second-order valence-electron chi connectivity index (χ2n) is 5.37. The number of rotatable bonds is 0. The minimum Gasteiger partial charge on any atom is -0.314 e. The highest BCUT2D eigenvalue weighted by molar-refractivity contribution is 6.09. The van der Waals surface area contributed by atoms with Crippen molar-refractivity contribution in [1.29, 1.82) is 10.7 Å². The van der Waals surface area contributed by atoms with E-state index in [1.165, 1.54) is 0 Å². The molecule has 0 bridgehead atoms. The smallest absolute Gasteiger partial charge is 0.237 e. The summed E-state index contributed by atoms with van der Waals surface area (Å²) >= 11 is 0. The van der Waals surface area contributed by atoms with Crippen LogP contribution in [0.25, 0.3) is 0 Å². The Kier molecular flexibility index (Phi) is 2.46. The lowest BCUT2D eigenvalue weighted by Gasteiger charge is -2.34.